The first-order valence-corrected chi connectivity index (χ1v) is 13.6. The predicted octanol–water partition coefficient (Wildman–Crippen LogP) is 4.65. The maximum absolute atomic E-state index is 3.47. The maximum Gasteiger partial charge on any atom is 0.0889 e. The average Bonchev–Trinajstić information content (AvgIpc) is 2.72. The lowest BCUT2D eigenvalue weighted by Gasteiger charge is -2.39. The molecule has 0 aromatic heterocycles. The zero-order chi connectivity index (χ0) is 13.2. The van der Waals surface area contributed by atoms with E-state index < -0.39 is 15.2 Å². The van der Waals surface area contributed by atoms with E-state index in [2.05, 4.69) is 80.5 Å². The molecule has 0 N–H and O–H groups in total. The van der Waals surface area contributed by atoms with E-state index in [0.29, 0.717) is 0 Å². The smallest absolute Gasteiger partial charge is 0.0889 e. The minimum absolute atomic E-state index is 1.08. The van der Waals surface area contributed by atoms with Gasteiger partial charge in [0.2, 0.25) is 0 Å². The molecular formula is C16H22Si2. The minimum atomic E-state index is -1.43. The molecule has 0 saturated carbocycles. The van der Waals surface area contributed by atoms with Crippen molar-refractivity contribution in [1.29, 1.82) is 0 Å². The Balaban J connectivity index is 2.38. The lowest BCUT2D eigenvalue weighted by Crippen LogP contribution is -2.57. The molecule has 2 heteroatoms. The van der Waals surface area contributed by atoms with Crippen molar-refractivity contribution in [3.05, 3.63) is 64.7 Å². The molecule has 0 unspecified atom stereocenters. The van der Waals surface area contributed by atoms with E-state index in [9.17, 15) is 0 Å². The van der Waals surface area contributed by atoms with E-state index in [4.69, 9.17) is 0 Å². The molecule has 0 nitrogen and oxygen atoms in total. The molecule has 94 valence electrons. The highest BCUT2D eigenvalue weighted by atomic mass is 29.3. The molecule has 0 atom stereocenters. The quantitative estimate of drug-likeness (QED) is 0.517. The highest BCUT2D eigenvalue weighted by molar-refractivity contribution is 7.46. The summed E-state index contributed by atoms with van der Waals surface area (Å²) in [5.41, 5.74) is 3.47. The molecule has 0 saturated heterocycles. The Morgan fingerprint density at radius 3 is 2.39 bits per heavy atom. The lowest BCUT2D eigenvalue weighted by atomic mass is 10.4. The molecule has 18 heavy (non-hydrogen) atoms. The second-order valence-corrected chi connectivity index (χ2v) is 21.1. The van der Waals surface area contributed by atoms with Crippen LogP contribution in [0.4, 0.5) is 0 Å². The number of allylic oxidation sites excluding steroid dienone is 9. The third kappa shape index (κ3) is 2.24. The van der Waals surface area contributed by atoms with Gasteiger partial charge in [-0.3, -0.25) is 0 Å². The van der Waals surface area contributed by atoms with Gasteiger partial charge >= 0.3 is 0 Å². The van der Waals surface area contributed by atoms with Crippen molar-refractivity contribution in [3.8, 4) is 0 Å². The van der Waals surface area contributed by atoms with Gasteiger partial charge in [-0.1, -0.05) is 73.9 Å². The second-order valence-electron chi connectivity index (χ2n) is 6.02. The van der Waals surface area contributed by atoms with Gasteiger partial charge in [0.05, 0.1) is 15.2 Å². The van der Waals surface area contributed by atoms with Crippen molar-refractivity contribution in [2.24, 2.45) is 0 Å². The van der Waals surface area contributed by atoms with Crippen LogP contribution < -0.4 is 0 Å². The van der Waals surface area contributed by atoms with Crippen LogP contribution in [0, 0.1) is 0 Å². The number of hydrogen-bond acceptors (Lipinski definition) is 0. The average molecular weight is 271 g/mol. The summed E-state index contributed by atoms with van der Waals surface area (Å²) in [5, 5.41) is 3.10. The van der Waals surface area contributed by atoms with Crippen molar-refractivity contribution in [2.75, 3.05) is 0 Å². The fourth-order valence-corrected chi connectivity index (χ4v) is 11.2. The first kappa shape index (κ1) is 13.3. The van der Waals surface area contributed by atoms with Crippen LogP contribution in [0.15, 0.2) is 64.7 Å². The van der Waals surface area contributed by atoms with E-state index >= 15 is 0 Å². The third-order valence-electron chi connectivity index (χ3n) is 4.55. The third-order valence-corrected chi connectivity index (χ3v) is 22.2. The fourth-order valence-electron chi connectivity index (χ4n) is 2.46. The Hall–Kier alpha value is -1.09. The highest BCUT2D eigenvalue weighted by Crippen LogP contribution is 2.34. The summed E-state index contributed by atoms with van der Waals surface area (Å²) in [6.45, 7) is 10.1. The molecule has 0 radical (unpaired) electrons. The molecule has 0 aromatic rings. The van der Waals surface area contributed by atoms with Gasteiger partial charge in [-0.25, -0.2) is 0 Å². The first-order valence-electron chi connectivity index (χ1n) is 6.64. The molecule has 0 spiro atoms. The van der Waals surface area contributed by atoms with Crippen molar-refractivity contribution in [2.45, 2.75) is 32.6 Å². The van der Waals surface area contributed by atoms with Crippen molar-refractivity contribution >= 4 is 15.2 Å². The van der Waals surface area contributed by atoms with E-state index in [1.807, 2.05) is 0 Å². The topological polar surface area (TPSA) is 0 Å². The van der Waals surface area contributed by atoms with Crippen LogP contribution in [-0.2, 0) is 0 Å². The molecule has 2 rings (SSSR count). The summed E-state index contributed by atoms with van der Waals surface area (Å²) >= 11 is 0. The predicted molar refractivity (Wildman–Crippen MR) is 86.7 cm³/mol. The molecule has 0 fully saturated rings. The van der Waals surface area contributed by atoms with Crippen LogP contribution >= 0.6 is 0 Å². The summed E-state index contributed by atoms with van der Waals surface area (Å²) in [4.78, 5) is 0. The molecule has 0 aromatic carbocycles. The summed E-state index contributed by atoms with van der Waals surface area (Å²) < 4.78 is 0. The van der Waals surface area contributed by atoms with Crippen LogP contribution in [0.25, 0.3) is 0 Å². The standard InChI is InChI=1S/C16H22Si2/c1-17(2,15-11-7-5-6-8-12-15)18(3,4)16-13-9-10-14-16/h5-7,9-13H,8H2,1-4H3. The zero-order valence-corrected chi connectivity index (χ0v) is 13.8. The summed E-state index contributed by atoms with van der Waals surface area (Å²) in [6.07, 6.45) is 18.9. The van der Waals surface area contributed by atoms with E-state index in [1.165, 1.54) is 5.20 Å². The van der Waals surface area contributed by atoms with Crippen molar-refractivity contribution < 1.29 is 0 Å². The zero-order valence-electron chi connectivity index (χ0n) is 11.8. The molecular weight excluding hydrogens is 248 g/mol. The van der Waals surface area contributed by atoms with Gasteiger partial charge in [-0.15, -0.1) is 5.73 Å². The van der Waals surface area contributed by atoms with Gasteiger partial charge in [0.15, 0.2) is 0 Å². The SMILES string of the molecule is C[Si](C)(C1=C=CC=C1)[Si](C)(C)C1=CCC=CC=C1. The van der Waals surface area contributed by atoms with E-state index in [1.54, 1.807) is 5.20 Å². The van der Waals surface area contributed by atoms with Crippen LogP contribution in [0.2, 0.25) is 26.2 Å². The second kappa shape index (κ2) is 4.89. The van der Waals surface area contributed by atoms with E-state index in [-0.39, 0.29) is 0 Å². The van der Waals surface area contributed by atoms with E-state index in [0.717, 1.165) is 6.42 Å². The van der Waals surface area contributed by atoms with Crippen molar-refractivity contribution in [3.63, 3.8) is 0 Å². The highest BCUT2D eigenvalue weighted by Gasteiger charge is 2.45. The fraction of sp³-hybridized carbons (Fsp3) is 0.312. The molecule has 0 amide bonds. The first-order chi connectivity index (χ1) is 8.46. The van der Waals surface area contributed by atoms with Crippen LogP contribution in [0.3, 0.4) is 0 Å². The largest absolute Gasteiger partial charge is 0.122 e. The molecule has 0 heterocycles. The van der Waals surface area contributed by atoms with Gasteiger partial charge in [0.1, 0.15) is 0 Å². The minimum Gasteiger partial charge on any atom is -0.122 e. The van der Waals surface area contributed by atoms with Crippen LogP contribution in [0.1, 0.15) is 6.42 Å². The van der Waals surface area contributed by atoms with Gasteiger partial charge in [-0.2, -0.15) is 0 Å². The number of hydrogen-bond donors (Lipinski definition) is 0. The Morgan fingerprint density at radius 2 is 1.72 bits per heavy atom. The summed E-state index contributed by atoms with van der Waals surface area (Å²) in [6, 6.07) is 0. The molecule has 2 aliphatic carbocycles. The number of rotatable bonds is 3. The Morgan fingerprint density at radius 1 is 0.944 bits per heavy atom. The Labute approximate surface area is 113 Å². The van der Waals surface area contributed by atoms with Gasteiger partial charge in [0, 0.05) is 0 Å². The molecule has 0 aliphatic heterocycles. The van der Waals surface area contributed by atoms with Gasteiger partial charge in [-0.05, 0) is 17.7 Å². The summed E-state index contributed by atoms with van der Waals surface area (Å²) in [7, 11) is -2.85. The van der Waals surface area contributed by atoms with Crippen LogP contribution in [-0.4, -0.2) is 15.2 Å². The molecule has 0 bridgehead atoms. The molecule has 2 aliphatic rings. The van der Waals surface area contributed by atoms with Crippen molar-refractivity contribution in [1.82, 2.24) is 0 Å². The lowest BCUT2D eigenvalue weighted by molar-refractivity contribution is 1.39. The Bertz CT molecular complexity index is 519. The van der Waals surface area contributed by atoms with Gasteiger partial charge in [0.25, 0.3) is 0 Å². The maximum atomic E-state index is 3.47. The summed E-state index contributed by atoms with van der Waals surface area (Å²) in [5.74, 6) is 0. The van der Waals surface area contributed by atoms with Crippen LogP contribution in [0.5, 0.6) is 0 Å². The monoisotopic (exact) mass is 270 g/mol. The van der Waals surface area contributed by atoms with Gasteiger partial charge < -0.3 is 0 Å². The normalized spacial score (nSPS) is 18.9. The Kier molecular flexibility index (Phi) is 3.62.